The second-order valence-corrected chi connectivity index (χ2v) is 6.38. The predicted octanol–water partition coefficient (Wildman–Crippen LogP) is 2.91. The van der Waals surface area contributed by atoms with Crippen molar-refractivity contribution in [1.29, 1.82) is 0 Å². The number of aryl methyl sites for hydroxylation is 1. The lowest BCUT2D eigenvalue weighted by Crippen LogP contribution is -2.39. The number of likely N-dealkylation sites (tertiary alicyclic amines) is 1. The van der Waals surface area contributed by atoms with Crippen LogP contribution in [-0.2, 0) is 4.79 Å². The van der Waals surface area contributed by atoms with Gasteiger partial charge in [-0.2, -0.15) is 0 Å². The first kappa shape index (κ1) is 16.5. The average Bonchev–Trinajstić information content (AvgIpc) is 2.93. The Morgan fingerprint density at radius 2 is 1.67 bits per heavy atom. The van der Waals surface area contributed by atoms with Gasteiger partial charge in [0.25, 0.3) is 0 Å². The number of carbonyl (C=O) groups excluding carboxylic acids is 1. The van der Waals surface area contributed by atoms with Crippen LogP contribution in [0.5, 0.6) is 5.75 Å². The van der Waals surface area contributed by atoms with Crippen LogP contribution in [-0.4, -0.2) is 37.6 Å². The minimum Gasteiger partial charge on any atom is -0.497 e. The van der Waals surface area contributed by atoms with Gasteiger partial charge in [-0.05, 0) is 36.6 Å². The number of nitrogens with one attached hydrogen (secondary N) is 1. The molecular weight excluding hydrogens is 300 g/mol. The van der Waals surface area contributed by atoms with E-state index in [2.05, 4.69) is 48.6 Å². The maximum Gasteiger partial charge on any atom is 0.239 e. The standard InChI is InChI=1S/C20H24N2O2/c1-14-4-6-15(7-5-14)19(16-8-10-17(24-3)11-9-16)21-18-12-13-22(2)20(18)23/h4-11,18-19,21H,12-13H2,1-3H3/t18-,19-/m0/s1. The molecule has 0 unspecified atom stereocenters. The molecule has 2 atom stereocenters. The summed E-state index contributed by atoms with van der Waals surface area (Å²) in [7, 11) is 3.52. The molecule has 1 aliphatic heterocycles. The summed E-state index contributed by atoms with van der Waals surface area (Å²) in [6.07, 6.45) is 0.841. The molecular formula is C20H24N2O2. The Morgan fingerprint density at radius 1 is 1.08 bits per heavy atom. The first-order valence-electron chi connectivity index (χ1n) is 8.30. The van der Waals surface area contributed by atoms with Crippen LogP contribution >= 0.6 is 0 Å². The average molecular weight is 324 g/mol. The number of amides is 1. The molecule has 24 heavy (non-hydrogen) atoms. The molecule has 1 N–H and O–H groups in total. The highest BCUT2D eigenvalue weighted by molar-refractivity contribution is 5.83. The highest BCUT2D eigenvalue weighted by Crippen LogP contribution is 2.26. The number of nitrogens with zero attached hydrogens (tertiary/aromatic N) is 1. The van der Waals surface area contributed by atoms with E-state index in [0.717, 1.165) is 29.8 Å². The Bertz CT molecular complexity index is 695. The Morgan fingerprint density at radius 3 is 2.17 bits per heavy atom. The van der Waals surface area contributed by atoms with Gasteiger partial charge in [-0.25, -0.2) is 0 Å². The van der Waals surface area contributed by atoms with Gasteiger partial charge in [0, 0.05) is 13.6 Å². The normalized spacial score (nSPS) is 18.7. The summed E-state index contributed by atoms with van der Waals surface area (Å²) < 4.78 is 5.25. The third-order valence-corrected chi connectivity index (χ3v) is 4.66. The monoisotopic (exact) mass is 324 g/mol. The number of carbonyl (C=O) groups is 1. The van der Waals surface area contributed by atoms with E-state index in [1.54, 1.807) is 12.0 Å². The summed E-state index contributed by atoms with van der Waals surface area (Å²) in [6.45, 7) is 2.88. The minimum absolute atomic E-state index is 0.0167. The number of hydrogen-bond acceptors (Lipinski definition) is 3. The van der Waals surface area contributed by atoms with Crippen molar-refractivity contribution in [3.05, 3.63) is 65.2 Å². The van der Waals surface area contributed by atoms with Gasteiger partial charge >= 0.3 is 0 Å². The molecule has 1 aliphatic rings. The summed E-state index contributed by atoms with van der Waals surface area (Å²) in [5, 5.41) is 3.55. The van der Waals surface area contributed by atoms with Gasteiger partial charge in [0.2, 0.25) is 5.91 Å². The molecule has 1 amide bonds. The van der Waals surface area contributed by atoms with Gasteiger partial charge in [0.1, 0.15) is 5.75 Å². The van der Waals surface area contributed by atoms with E-state index < -0.39 is 0 Å². The van der Waals surface area contributed by atoms with Crippen molar-refractivity contribution in [1.82, 2.24) is 10.2 Å². The molecule has 1 saturated heterocycles. The zero-order chi connectivity index (χ0) is 17.1. The van der Waals surface area contributed by atoms with Crippen LogP contribution in [0, 0.1) is 6.92 Å². The summed E-state index contributed by atoms with van der Waals surface area (Å²) in [5.41, 5.74) is 3.51. The number of benzene rings is 2. The molecule has 1 heterocycles. The molecule has 3 rings (SSSR count). The molecule has 126 valence electrons. The Kier molecular flexibility index (Phi) is 4.86. The molecule has 0 aliphatic carbocycles. The number of likely N-dealkylation sites (N-methyl/N-ethyl adjacent to an activating group) is 1. The largest absolute Gasteiger partial charge is 0.497 e. The van der Waals surface area contributed by atoms with E-state index in [4.69, 9.17) is 4.74 Å². The first-order valence-corrected chi connectivity index (χ1v) is 8.30. The maximum atomic E-state index is 12.3. The van der Waals surface area contributed by atoms with Crippen molar-refractivity contribution in [2.45, 2.75) is 25.4 Å². The Hall–Kier alpha value is -2.33. The van der Waals surface area contributed by atoms with Crippen molar-refractivity contribution in [2.75, 3.05) is 20.7 Å². The van der Waals surface area contributed by atoms with Crippen molar-refractivity contribution in [3.8, 4) is 5.75 Å². The summed E-state index contributed by atoms with van der Waals surface area (Å²) in [5.74, 6) is 0.999. The van der Waals surface area contributed by atoms with Gasteiger partial charge in [0.15, 0.2) is 0 Å². The van der Waals surface area contributed by atoms with Crippen LogP contribution in [0.4, 0.5) is 0 Å². The smallest absolute Gasteiger partial charge is 0.239 e. The second-order valence-electron chi connectivity index (χ2n) is 6.38. The molecule has 0 saturated carbocycles. The fraction of sp³-hybridized carbons (Fsp3) is 0.350. The molecule has 1 fully saturated rings. The van der Waals surface area contributed by atoms with Crippen molar-refractivity contribution >= 4 is 5.91 Å². The van der Waals surface area contributed by atoms with E-state index in [1.807, 2.05) is 19.2 Å². The van der Waals surface area contributed by atoms with Gasteiger partial charge in [-0.3, -0.25) is 10.1 Å². The topological polar surface area (TPSA) is 41.6 Å². The highest BCUT2D eigenvalue weighted by atomic mass is 16.5. The predicted molar refractivity (Wildman–Crippen MR) is 95.2 cm³/mol. The third kappa shape index (κ3) is 3.44. The van der Waals surface area contributed by atoms with Crippen LogP contribution in [0.3, 0.4) is 0 Å². The zero-order valence-electron chi connectivity index (χ0n) is 14.5. The molecule has 0 bridgehead atoms. The van der Waals surface area contributed by atoms with E-state index in [1.165, 1.54) is 5.56 Å². The molecule has 0 spiro atoms. The van der Waals surface area contributed by atoms with E-state index in [9.17, 15) is 4.79 Å². The van der Waals surface area contributed by atoms with Crippen molar-refractivity contribution < 1.29 is 9.53 Å². The fourth-order valence-corrected chi connectivity index (χ4v) is 3.12. The number of hydrogen-bond donors (Lipinski definition) is 1. The second kappa shape index (κ2) is 7.05. The van der Waals surface area contributed by atoms with Crippen LogP contribution in [0.1, 0.15) is 29.2 Å². The minimum atomic E-state index is -0.136. The van der Waals surface area contributed by atoms with Crippen LogP contribution in [0.25, 0.3) is 0 Å². The van der Waals surface area contributed by atoms with E-state index in [0.29, 0.717) is 0 Å². The summed E-state index contributed by atoms with van der Waals surface area (Å²) in [6, 6.07) is 16.3. The first-order chi connectivity index (χ1) is 11.6. The third-order valence-electron chi connectivity index (χ3n) is 4.66. The maximum absolute atomic E-state index is 12.3. The fourth-order valence-electron chi connectivity index (χ4n) is 3.12. The zero-order valence-corrected chi connectivity index (χ0v) is 14.5. The quantitative estimate of drug-likeness (QED) is 0.919. The molecule has 4 nitrogen and oxygen atoms in total. The van der Waals surface area contributed by atoms with Crippen molar-refractivity contribution in [2.24, 2.45) is 0 Å². The summed E-state index contributed by atoms with van der Waals surface area (Å²) in [4.78, 5) is 14.1. The number of rotatable bonds is 5. The van der Waals surface area contributed by atoms with E-state index >= 15 is 0 Å². The van der Waals surface area contributed by atoms with Gasteiger partial charge in [0.05, 0.1) is 19.2 Å². The molecule has 4 heteroatoms. The lowest BCUT2D eigenvalue weighted by atomic mass is 9.96. The van der Waals surface area contributed by atoms with Crippen LogP contribution in [0.15, 0.2) is 48.5 Å². The molecule has 2 aromatic rings. The number of methoxy groups -OCH3 is 1. The SMILES string of the molecule is COc1ccc([C@@H](N[C@H]2CCN(C)C2=O)c2ccc(C)cc2)cc1. The Balaban J connectivity index is 1.90. The van der Waals surface area contributed by atoms with Gasteiger partial charge in [-0.1, -0.05) is 42.0 Å². The van der Waals surface area contributed by atoms with E-state index in [-0.39, 0.29) is 18.0 Å². The Labute approximate surface area is 143 Å². The summed E-state index contributed by atoms with van der Waals surface area (Å²) >= 11 is 0. The van der Waals surface area contributed by atoms with Crippen LogP contribution in [0.2, 0.25) is 0 Å². The van der Waals surface area contributed by atoms with Crippen molar-refractivity contribution in [3.63, 3.8) is 0 Å². The number of ether oxygens (including phenoxy) is 1. The highest BCUT2D eigenvalue weighted by Gasteiger charge is 2.31. The van der Waals surface area contributed by atoms with Crippen LogP contribution < -0.4 is 10.1 Å². The molecule has 0 radical (unpaired) electrons. The molecule has 2 aromatic carbocycles. The lowest BCUT2D eigenvalue weighted by molar-refractivity contribution is -0.128. The van der Waals surface area contributed by atoms with Gasteiger partial charge < -0.3 is 9.64 Å². The lowest BCUT2D eigenvalue weighted by Gasteiger charge is -2.23. The van der Waals surface area contributed by atoms with Gasteiger partial charge in [-0.15, -0.1) is 0 Å². The molecule has 0 aromatic heterocycles.